The lowest BCUT2D eigenvalue weighted by atomic mass is 10.2. The van der Waals surface area contributed by atoms with Gasteiger partial charge in [0, 0.05) is 27.2 Å². The van der Waals surface area contributed by atoms with Crippen LogP contribution in [0.25, 0.3) is 0 Å². The van der Waals surface area contributed by atoms with Gasteiger partial charge in [0.15, 0.2) is 0 Å². The van der Waals surface area contributed by atoms with Crippen LogP contribution < -0.4 is 10.2 Å². The predicted octanol–water partition coefficient (Wildman–Crippen LogP) is 1.93. The zero-order valence-corrected chi connectivity index (χ0v) is 11.9. The Morgan fingerprint density at radius 1 is 1.53 bits per heavy atom. The molecule has 1 aromatic carbocycles. The van der Waals surface area contributed by atoms with E-state index in [0.29, 0.717) is 12.2 Å². The normalized spacial score (nSPS) is 12.1. The first kappa shape index (κ1) is 15.4. The molecule has 19 heavy (non-hydrogen) atoms. The zero-order chi connectivity index (χ0) is 14.4. The van der Waals surface area contributed by atoms with Gasteiger partial charge in [-0.15, -0.1) is 0 Å². The van der Waals surface area contributed by atoms with E-state index in [1.807, 2.05) is 24.9 Å². The fraction of sp³-hybridized carbons (Fsp3) is 0.500. The number of halogens is 1. The number of nitrogens with one attached hydrogen (secondary N) is 1. The van der Waals surface area contributed by atoms with Gasteiger partial charge in [0.05, 0.1) is 5.69 Å². The van der Waals surface area contributed by atoms with Gasteiger partial charge >= 0.3 is 0 Å². The molecule has 5 heteroatoms. The van der Waals surface area contributed by atoms with Gasteiger partial charge in [-0.2, -0.15) is 0 Å². The van der Waals surface area contributed by atoms with Crippen molar-refractivity contribution in [2.75, 3.05) is 25.6 Å². The molecule has 0 bridgehead atoms. The number of carbonyl (C=O) groups excluding carboxylic acids is 1. The zero-order valence-electron chi connectivity index (χ0n) is 11.9. The lowest BCUT2D eigenvalue weighted by Gasteiger charge is -2.18. The number of benzene rings is 1. The van der Waals surface area contributed by atoms with Crippen molar-refractivity contribution in [3.05, 3.63) is 29.6 Å². The van der Waals surface area contributed by atoms with Gasteiger partial charge in [0.25, 0.3) is 0 Å². The number of methoxy groups -OCH3 is 1. The van der Waals surface area contributed by atoms with Crippen molar-refractivity contribution < 1.29 is 13.9 Å². The third-order valence-electron chi connectivity index (χ3n) is 3.09. The smallest absolute Gasteiger partial charge is 0.249 e. The summed E-state index contributed by atoms with van der Waals surface area (Å²) in [6, 6.07) is 4.97. The summed E-state index contributed by atoms with van der Waals surface area (Å²) in [5.74, 6) is -0.492. The molecule has 0 fully saturated rings. The number of rotatable bonds is 6. The van der Waals surface area contributed by atoms with Crippen LogP contribution in [0, 0.1) is 5.82 Å². The summed E-state index contributed by atoms with van der Waals surface area (Å²) >= 11 is 0. The second kappa shape index (κ2) is 7.09. The highest BCUT2D eigenvalue weighted by Crippen LogP contribution is 2.19. The number of carbonyl (C=O) groups is 1. The van der Waals surface area contributed by atoms with Crippen molar-refractivity contribution in [3.8, 4) is 0 Å². The molecule has 1 aromatic rings. The lowest BCUT2D eigenvalue weighted by molar-refractivity contribution is -0.130. The van der Waals surface area contributed by atoms with Gasteiger partial charge in [0.1, 0.15) is 11.9 Å². The molecule has 1 unspecified atom stereocenters. The predicted molar refractivity (Wildman–Crippen MR) is 73.7 cm³/mol. The highest BCUT2D eigenvalue weighted by Gasteiger charge is 2.11. The number of hydrogen-bond donors (Lipinski definition) is 1. The maximum atomic E-state index is 13.9. The third kappa shape index (κ3) is 4.21. The van der Waals surface area contributed by atoms with E-state index in [0.717, 1.165) is 12.1 Å². The molecule has 1 N–H and O–H groups in total. The van der Waals surface area contributed by atoms with Crippen LogP contribution in [0.3, 0.4) is 0 Å². The largest absolute Gasteiger partial charge is 0.373 e. The Kier molecular flexibility index (Phi) is 5.76. The molecule has 0 aromatic heterocycles. The van der Waals surface area contributed by atoms with Crippen LogP contribution in [0.4, 0.5) is 10.1 Å². The molecule has 1 amide bonds. The second-order valence-corrected chi connectivity index (χ2v) is 4.40. The molecule has 1 atom stereocenters. The monoisotopic (exact) mass is 268 g/mol. The minimum Gasteiger partial charge on any atom is -0.373 e. The Balaban J connectivity index is 2.66. The van der Waals surface area contributed by atoms with Gasteiger partial charge in [-0.1, -0.05) is 6.07 Å². The molecule has 0 saturated heterocycles. The van der Waals surface area contributed by atoms with Crippen molar-refractivity contribution >= 4 is 11.6 Å². The Morgan fingerprint density at radius 2 is 2.21 bits per heavy atom. The molecule has 0 saturated carbocycles. The van der Waals surface area contributed by atoms with Gasteiger partial charge in [0.2, 0.25) is 5.91 Å². The van der Waals surface area contributed by atoms with E-state index < -0.39 is 6.10 Å². The highest BCUT2D eigenvalue weighted by atomic mass is 19.1. The molecule has 0 aliphatic carbocycles. The first-order valence-electron chi connectivity index (χ1n) is 6.29. The molecule has 1 rings (SSSR count). The van der Waals surface area contributed by atoms with Crippen LogP contribution in [0.1, 0.15) is 19.4 Å². The maximum absolute atomic E-state index is 13.9. The Labute approximate surface area is 113 Å². The van der Waals surface area contributed by atoms with Crippen molar-refractivity contribution in [3.63, 3.8) is 0 Å². The first-order chi connectivity index (χ1) is 8.99. The second-order valence-electron chi connectivity index (χ2n) is 4.40. The maximum Gasteiger partial charge on any atom is 0.249 e. The molecule has 0 aliphatic rings. The summed E-state index contributed by atoms with van der Waals surface area (Å²) in [5, 5.41) is 2.70. The SMILES string of the molecule is CCN(C)c1ccc(CNC(=O)C(C)OC)cc1F. The van der Waals surface area contributed by atoms with E-state index in [1.165, 1.54) is 13.2 Å². The summed E-state index contributed by atoms with van der Waals surface area (Å²) in [6.07, 6.45) is -0.504. The van der Waals surface area contributed by atoms with Crippen LogP contribution in [0.5, 0.6) is 0 Å². The minimum atomic E-state index is -0.504. The number of nitrogens with zero attached hydrogens (tertiary/aromatic N) is 1. The summed E-state index contributed by atoms with van der Waals surface area (Å²) in [4.78, 5) is 13.3. The molecule has 4 nitrogen and oxygen atoms in total. The average molecular weight is 268 g/mol. The molecule has 0 spiro atoms. The van der Waals surface area contributed by atoms with Crippen LogP contribution in [0.15, 0.2) is 18.2 Å². The van der Waals surface area contributed by atoms with Crippen molar-refractivity contribution in [2.24, 2.45) is 0 Å². The quantitative estimate of drug-likeness (QED) is 0.857. The van der Waals surface area contributed by atoms with Gasteiger partial charge in [-0.05, 0) is 31.5 Å². The molecular formula is C14H21FN2O2. The van der Waals surface area contributed by atoms with Crippen LogP contribution >= 0.6 is 0 Å². The Hall–Kier alpha value is -1.62. The summed E-state index contributed by atoms with van der Waals surface area (Å²) < 4.78 is 18.8. The highest BCUT2D eigenvalue weighted by molar-refractivity contribution is 5.80. The van der Waals surface area contributed by atoms with Crippen LogP contribution in [0.2, 0.25) is 0 Å². The number of hydrogen-bond acceptors (Lipinski definition) is 3. The van der Waals surface area contributed by atoms with E-state index in [9.17, 15) is 9.18 Å². The van der Waals surface area contributed by atoms with Crippen LogP contribution in [-0.2, 0) is 16.1 Å². The van der Waals surface area contributed by atoms with Crippen molar-refractivity contribution in [2.45, 2.75) is 26.5 Å². The Bertz CT molecular complexity index is 437. The van der Waals surface area contributed by atoms with E-state index >= 15 is 0 Å². The van der Waals surface area contributed by atoms with Gasteiger partial charge in [-0.25, -0.2) is 4.39 Å². The van der Waals surface area contributed by atoms with E-state index in [4.69, 9.17) is 4.74 Å². The number of ether oxygens (including phenoxy) is 1. The Morgan fingerprint density at radius 3 is 2.74 bits per heavy atom. The van der Waals surface area contributed by atoms with Gasteiger partial charge in [-0.3, -0.25) is 4.79 Å². The summed E-state index contributed by atoms with van der Waals surface area (Å²) in [7, 11) is 3.30. The minimum absolute atomic E-state index is 0.210. The third-order valence-corrected chi connectivity index (χ3v) is 3.09. The summed E-state index contributed by atoms with van der Waals surface area (Å²) in [5.41, 5.74) is 1.28. The molecule has 0 aliphatic heterocycles. The van der Waals surface area contributed by atoms with E-state index in [2.05, 4.69) is 5.32 Å². The van der Waals surface area contributed by atoms with Crippen LogP contribution in [-0.4, -0.2) is 32.7 Å². The molecule has 106 valence electrons. The lowest BCUT2D eigenvalue weighted by Crippen LogP contribution is -2.33. The average Bonchev–Trinajstić information content (AvgIpc) is 2.43. The van der Waals surface area contributed by atoms with Crippen molar-refractivity contribution in [1.29, 1.82) is 0 Å². The standard InChI is InChI=1S/C14H21FN2O2/c1-5-17(3)13-7-6-11(8-12(13)15)9-16-14(18)10(2)19-4/h6-8,10H,5,9H2,1-4H3,(H,16,18). The first-order valence-corrected chi connectivity index (χ1v) is 6.29. The van der Waals surface area contributed by atoms with E-state index in [-0.39, 0.29) is 11.7 Å². The fourth-order valence-corrected chi connectivity index (χ4v) is 1.58. The molecular weight excluding hydrogens is 247 g/mol. The van der Waals surface area contributed by atoms with Gasteiger partial charge < -0.3 is 15.0 Å². The molecule has 0 heterocycles. The number of amides is 1. The number of anilines is 1. The fourth-order valence-electron chi connectivity index (χ4n) is 1.58. The summed E-state index contributed by atoms with van der Waals surface area (Å²) in [6.45, 7) is 4.65. The van der Waals surface area contributed by atoms with Crippen molar-refractivity contribution in [1.82, 2.24) is 5.32 Å². The topological polar surface area (TPSA) is 41.6 Å². The molecule has 0 radical (unpaired) electrons. The van der Waals surface area contributed by atoms with E-state index in [1.54, 1.807) is 13.0 Å².